The van der Waals surface area contributed by atoms with Crippen LogP contribution in [0.2, 0.25) is 0 Å². The number of rotatable bonds is 6. The zero-order chi connectivity index (χ0) is 37.9. The van der Waals surface area contributed by atoms with Crippen molar-refractivity contribution in [1.82, 2.24) is 9.55 Å². The van der Waals surface area contributed by atoms with Crippen LogP contribution in [0.3, 0.4) is 0 Å². The first kappa shape index (κ1) is 33.2. The summed E-state index contributed by atoms with van der Waals surface area (Å²) in [6.45, 7) is 0. The Balaban J connectivity index is 1.09. The van der Waals surface area contributed by atoms with E-state index in [1.807, 2.05) is 24.3 Å². The third-order valence-corrected chi connectivity index (χ3v) is 12.8. The molecule has 268 valence electrons. The van der Waals surface area contributed by atoms with E-state index in [1.165, 1.54) is 5.39 Å². The summed E-state index contributed by atoms with van der Waals surface area (Å²) in [7, 11) is -1.28. The number of aromatic nitrogens is 2. The second kappa shape index (κ2) is 13.6. The number of hydrogen-bond acceptors (Lipinski definition) is 2. The molecule has 0 aliphatic carbocycles. The number of pyridine rings is 1. The summed E-state index contributed by atoms with van der Waals surface area (Å²) in [5.41, 5.74) is 16.0. The van der Waals surface area contributed by atoms with Crippen LogP contribution in [0.4, 0.5) is 0 Å². The van der Waals surface area contributed by atoms with E-state index in [1.54, 1.807) is 0 Å². The van der Waals surface area contributed by atoms with E-state index in [9.17, 15) is 4.21 Å². The molecule has 2 aromatic heterocycles. The highest BCUT2D eigenvalue weighted by molar-refractivity contribution is 7.86. The molecule has 1 unspecified atom stereocenters. The summed E-state index contributed by atoms with van der Waals surface area (Å²) >= 11 is 0. The second-order valence-corrected chi connectivity index (χ2v) is 15.8. The molecule has 11 rings (SSSR count). The number of hydrogen-bond donors (Lipinski definition) is 0. The second-order valence-electron chi connectivity index (χ2n) is 14.5. The quantitative estimate of drug-likeness (QED) is 0.170. The van der Waals surface area contributed by atoms with Crippen LogP contribution in [-0.4, -0.2) is 13.8 Å². The topological polar surface area (TPSA) is 34.9 Å². The van der Waals surface area contributed by atoms with Gasteiger partial charge in [-0.25, -0.2) is 9.19 Å². The fraction of sp³-hybridized carbons (Fsp3) is 0. The molecule has 0 fully saturated rings. The Morgan fingerprint density at radius 1 is 0.368 bits per heavy atom. The normalized spacial score (nSPS) is 13.2. The van der Waals surface area contributed by atoms with E-state index in [-0.39, 0.29) is 0 Å². The molecular weight excluding hydrogens is 713 g/mol. The van der Waals surface area contributed by atoms with E-state index < -0.39 is 10.8 Å². The van der Waals surface area contributed by atoms with E-state index in [4.69, 9.17) is 4.98 Å². The minimum absolute atomic E-state index is 0.875. The number of benzene rings is 8. The van der Waals surface area contributed by atoms with Crippen LogP contribution >= 0.6 is 0 Å². The van der Waals surface area contributed by atoms with Crippen molar-refractivity contribution in [3.63, 3.8) is 0 Å². The lowest BCUT2D eigenvalue weighted by Crippen LogP contribution is -1.99. The molecule has 3 heterocycles. The van der Waals surface area contributed by atoms with E-state index >= 15 is 0 Å². The third kappa shape index (κ3) is 5.48. The monoisotopic (exact) mass is 746 g/mol. The van der Waals surface area contributed by atoms with Gasteiger partial charge in [-0.15, -0.1) is 0 Å². The lowest BCUT2D eigenvalue weighted by atomic mass is 9.94. The summed E-state index contributed by atoms with van der Waals surface area (Å²) in [6, 6.07) is 72.4. The van der Waals surface area contributed by atoms with Gasteiger partial charge >= 0.3 is 0 Å². The van der Waals surface area contributed by atoms with Gasteiger partial charge in [0.1, 0.15) is 0 Å². The third-order valence-electron chi connectivity index (χ3n) is 11.2. The van der Waals surface area contributed by atoms with Crippen molar-refractivity contribution < 1.29 is 4.21 Å². The van der Waals surface area contributed by atoms with Gasteiger partial charge in [0.15, 0.2) is 0 Å². The summed E-state index contributed by atoms with van der Waals surface area (Å²) in [4.78, 5) is 7.05. The van der Waals surface area contributed by atoms with Gasteiger partial charge < -0.3 is 4.57 Å². The minimum atomic E-state index is -1.28. The van der Waals surface area contributed by atoms with E-state index in [0.717, 1.165) is 98.9 Å². The Morgan fingerprint density at radius 3 is 1.75 bits per heavy atom. The molecule has 1 atom stereocenters. The number of fused-ring (bicyclic) bond motifs is 6. The van der Waals surface area contributed by atoms with Crippen LogP contribution in [0.1, 0.15) is 0 Å². The highest BCUT2D eigenvalue weighted by Crippen LogP contribution is 2.47. The van der Waals surface area contributed by atoms with Crippen LogP contribution in [0.25, 0.3) is 94.5 Å². The molecule has 0 amide bonds. The summed E-state index contributed by atoms with van der Waals surface area (Å²) in [5, 5.41) is 2.34. The fourth-order valence-corrected chi connectivity index (χ4v) is 10.2. The SMILES string of the molecule is O=S1c2ccccc2-c2cccc(-c3ccccc3-n3c4ccccc4c4cc(-c5ccccc5-c5cc(-c6ccccc6)cc(-c6ccccc6)n5)ccc43)c21. The zero-order valence-electron chi connectivity index (χ0n) is 30.8. The maximum Gasteiger partial charge on any atom is 0.0868 e. The van der Waals surface area contributed by atoms with Crippen LogP contribution in [-0.2, 0) is 10.8 Å². The van der Waals surface area contributed by atoms with Crippen LogP contribution in [0, 0.1) is 0 Å². The van der Waals surface area contributed by atoms with Gasteiger partial charge in [0.05, 0.1) is 48.7 Å². The largest absolute Gasteiger partial charge is 0.309 e. The number of para-hydroxylation sites is 2. The molecule has 57 heavy (non-hydrogen) atoms. The first-order valence-electron chi connectivity index (χ1n) is 19.2. The number of nitrogens with zero attached hydrogens (tertiary/aromatic N) is 2. The van der Waals surface area contributed by atoms with Gasteiger partial charge in [-0.05, 0) is 70.3 Å². The molecule has 1 aliphatic rings. The smallest absolute Gasteiger partial charge is 0.0868 e. The average molecular weight is 747 g/mol. The molecule has 0 saturated carbocycles. The van der Waals surface area contributed by atoms with Crippen molar-refractivity contribution >= 4 is 32.6 Å². The van der Waals surface area contributed by atoms with Crippen molar-refractivity contribution in [2.45, 2.75) is 9.79 Å². The van der Waals surface area contributed by atoms with Crippen molar-refractivity contribution in [2.24, 2.45) is 0 Å². The molecule has 10 aromatic rings. The van der Waals surface area contributed by atoms with E-state index in [2.05, 4.69) is 187 Å². The van der Waals surface area contributed by atoms with Crippen molar-refractivity contribution in [2.75, 3.05) is 0 Å². The van der Waals surface area contributed by atoms with Crippen LogP contribution < -0.4 is 0 Å². The Morgan fingerprint density at radius 2 is 0.947 bits per heavy atom. The van der Waals surface area contributed by atoms with Crippen molar-refractivity contribution in [3.8, 4) is 72.7 Å². The molecule has 0 spiro atoms. The molecule has 8 aromatic carbocycles. The lowest BCUT2D eigenvalue weighted by molar-refractivity contribution is 0.685. The first-order chi connectivity index (χ1) is 28.2. The fourth-order valence-electron chi connectivity index (χ4n) is 8.60. The van der Waals surface area contributed by atoms with Gasteiger partial charge in [0, 0.05) is 38.6 Å². The molecule has 1 aliphatic heterocycles. The van der Waals surface area contributed by atoms with Gasteiger partial charge in [-0.2, -0.15) is 0 Å². The average Bonchev–Trinajstić information content (AvgIpc) is 3.78. The van der Waals surface area contributed by atoms with Gasteiger partial charge in [0.2, 0.25) is 0 Å². The highest BCUT2D eigenvalue weighted by Gasteiger charge is 2.29. The Hall–Kier alpha value is -7.14. The minimum Gasteiger partial charge on any atom is -0.309 e. The van der Waals surface area contributed by atoms with Crippen molar-refractivity contribution in [1.29, 1.82) is 0 Å². The Bertz CT molecular complexity index is 3140. The highest BCUT2D eigenvalue weighted by atomic mass is 32.2. The molecule has 0 saturated heterocycles. The zero-order valence-corrected chi connectivity index (χ0v) is 31.7. The first-order valence-corrected chi connectivity index (χ1v) is 20.4. The van der Waals surface area contributed by atoms with Gasteiger partial charge in [-0.1, -0.05) is 164 Å². The molecule has 0 bridgehead atoms. The van der Waals surface area contributed by atoms with Crippen LogP contribution in [0.5, 0.6) is 0 Å². The standard InChI is InChI=1S/C53H34N2OS/c56-57-52-29-14-11-24-43(52)45-26-15-25-44(53(45)57)41-22-9-12-27-49(41)55-50-28-13-10-23-42(50)46-32-37(30-31-51(46)55)39-20-7-8-21-40(39)48-34-38(35-16-3-1-4-17-35)33-47(54-48)36-18-5-2-6-19-36/h1-34H. The molecule has 3 nitrogen and oxygen atoms in total. The van der Waals surface area contributed by atoms with Gasteiger partial charge in [-0.3, -0.25) is 0 Å². The van der Waals surface area contributed by atoms with Crippen LogP contribution in [0.15, 0.2) is 216 Å². The summed E-state index contributed by atoms with van der Waals surface area (Å²) in [5.74, 6) is 0. The Kier molecular flexibility index (Phi) is 7.90. The van der Waals surface area contributed by atoms with E-state index in [0.29, 0.717) is 0 Å². The predicted molar refractivity (Wildman–Crippen MR) is 236 cm³/mol. The maximum atomic E-state index is 14.1. The lowest BCUT2D eigenvalue weighted by Gasteiger charge is -2.16. The molecule has 4 heteroatoms. The summed E-state index contributed by atoms with van der Waals surface area (Å²) in [6.07, 6.45) is 0. The molecule has 0 N–H and O–H groups in total. The summed E-state index contributed by atoms with van der Waals surface area (Å²) < 4.78 is 16.5. The van der Waals surface area contributed by atoms with Crippen molar-refractivity contribution in [3.05, 3.63) is 206 Å². The molecular formula is C53H34N2OS. The van der Waals surface area contributed by atoms with Gasteiger partial charge in [0.25, 0.3) is 0 Å². The predicted octanol–water partition coefficient (Wildman–Crippen LogP) is 13.7. The Labute approximate surface area is 333 Å². The molecule has 0 radical (unpaired) electrons. The maximum absolute atomic E-state index is 14.1.